The van der Waals surface area contributed by atoms with Crippen molar-refractivity contribution in [2.75, 3.05) is 6.54 Å². The van der Waals surface area contributed by atoms with Crippen molar-refractivity contribution in [1.29, 1.82) is 0 Å². The molecular formula is C19H21NO3. The normalized spacial score (nSPS) is 10.7. The largest absolute Gasteiger partial charge is 0.445 e. The number of aryl methyl sites for hydroxylation is 1. The third-order valence-corrected chi connectivity index (χ3v) is 3.39. The van der Waals surface area contributed by atoms with Gasteiger partial charge in [0.2, 0.25) is 0 Å². The lowest BCUT2D eigenvalue weighted by Gasteiger charge is -2.06. The second-order valence-corrected chi connectivity index (χ2v) is 5.19. The molecule has 0 aliphatic rings. The summed E-state index contributed by atoms with van der Waals surface area (Å²) in [5.74, 6) is 0. The molecule has 0 aliphatic carbocycles. The lowest BCUT2D eigenvalue weighted by Crippen LogP contribution is -2.24. The summed E-state index contributed by atoms with van der Waals surface area (Å²) in [5, 5.41) is 11.8. The van der Waals surface area contributed by atoms with Gasteiger partial charge in [0, 0.05) is 6.54 Å². The number of amides is 1. The number of hydrogen-bond acceptors (Lipinski definition) is 3. The topological polar surface area (TPSA) is 58.6 Å². The van der Waals surface area contributed by atoms with Gasteiger partial charge in [0.25, 0.3) is 0 Å². The molecule has 120 valence electrons. The first-order valence-corrected chi connectivity index (χ1v) is 7.50. The van der Waals surface area contributed by atoms with Crippen LogP contribution in [0, 0.1) is 6.92 Å². The van der Waals surface area contributed by atoms with E-state index < -0.39 is 6.09 Å². The zero-order valence-corrected chi connectivity index (χ0v) is 13.2. The van der Waals surface area contributed by atoms with Crippen LogP contribution in [-0.4, -0.2) is 17.7 Å². The van der Waals surface area contributed by atoms with Crippen LogP contribution < -0.4 is 5.32 Å². The van der Waals surface area contributed by atoms with E-state index >= 15 is 0 Å². The number of aliphatic hydroxyl groups excluding tert-OH is 1. The molecule has 0 fully saturated rings. The minimum Gasteiger partial charge on any atom is -0.445 e. The Balaban J connectivity index is 1.74. The Bertz CT molecular complexity index is 666. The first kappa shape index (κ1) is 16.8. The number of carbonyl (C=O) groups excluding carboxylic acids is 1. The van der Waals surface area contributed by atoms with Gasteiger partial charge in [-0.05, 0) is 29.2 Å². The minimum absolute atomic E-state index is 0.0413. The Labute approximate surface area is 136 Å². The summed E-state index contributed by atoms with van der Waals surface area (Å²) in [6.07, 6.45) is 3.37. The molecule has 23 heavy (non-hydrogen) atoms. The monoisotopic (exact) mass is 311 g/mol. The Morgan fingerprint density at radius 3 is 2.65 bits per heavy atom. The molecule has 0 aliphatic heterocycles. The Kier molecular flexibility index (Phi) is 6.39. The van der Waals surface area contributed by atoms with Crippen LogP contribution in [0.1, 0.15) is 22.3 Å². The van der Waals surface area contributed by atoms with E-state index in [0.717, 1.165) is 22.3 Å². The van der Waals surface area contributed by atoms with Crippen LogP contribution in [0.2, 0.25) is 0 Å². The third-order valence-electron chi connectivity index (χ3n) is 3.39. The zero-order valence-electron chi connectivity index (χ0n) is 13.2. The van der Waals surface area contributed by atoms with Crippen molar-refractivity contribution >= 4 is 12.2 Å². The molecule has 0 bridgehead atoms. The van der Waals surface area contributed by atoms with Gasteiger partial charge < -0.3 is 15.2 Å². The molecule has 0 radical (unpaired) electrons. The highest BCUT2D eigenvalue weighted by atomic mass is 16.5. The van der Waals surface area contributed by atoms with E-state index in [1.165, 1.54) is 0 Å². The SMILES string of the molecule is Cc1cc(CO)ccc1C=CCNC(=O)OCc1ccccc1. The Morgan fingerprint density at radius 2 is 1.96 bits per heavy atom. The average molecular weight is 311 g/mol. The van der Waals surface area contributed by atoms with Crippen molar-refractivity contribution in [3.63, 3.8) is 0 Å². The van der Waals surface area contributed by atoms with E-state index in [-0.39, 0.29) is 13.2 Å². The van der Waals surface area contributed by atoms with Crippen molar-refractivity contribution in [2.45, 2.75) is 20.1 Å². The van der Waals surface area contributed by atoms with Gasteiger partial charge in [0.1, 0.15) is 6.61 Å². The van der Waals surface area contributed by atoms with E-state index in [1.807, 2.05) is 67.6 Å². The van der Waals surface area contributed by atoms with E-state index in [0.29, 0.717) is 6.54 Å². The van der Waals surface area contributed by atoms with E-state index in [1.54, 1.807) is 0 Å². The minimum atomic E-state index is -0.439. The third kappa shape index (κ3) is 5.60. The van der Waals surface area contributed by atoms with Gasteiger partial charge in [0.15, 0.2) is 0 Å². The maximum Gasteiger partial charge on any atom is 0.407 e. The molecule has 0 saturated heterocycles. The molecular weight excluding hydrogens is 290 g/mol. The second kappa shape index (κ2) is 8.76. The molecule has 2 N–H and O–H groups in total. The number of aliphatic hydroxyl groups is 1. The van der Waals surface area contributed by atoms with Gasteiger partial charge in [-0.15, -0.1) is 0 Å². The maximum atomic E-state index is 11.6. The van der Waals surface area contributed by atoms with Gasteiger partial charge >= 0.3 is 6.09 Å². The molecule has 0 unspecified atom stereocenters. The van der Waals surface area contributed by atoms with Crippen molar-refractivity contribution in [1.82, 2.24) is 5.32 Å². The summed E-state index contributed by atoms with van der Waals surface area (Å²) in [7, 11) is 0. The molecule has 2 aromatic rings. The molecule has 2 aromatic carbocycles. The zero-order chi connectivity index (χ0) is 16.5. The van der Waals surface area contributed by atoms with Gasteiger partial charge in [-0.25, -0.2) is 4.79 Å². The highest BCUT2D eigenvalue weighted by molar-refractivity contribution is 5.67. The van der Waals surface area contributed by atoms with Crippen LogP contribution in [0.15, 0.2) is 54.6 Å². The predicted octanol–water partition coefficient (Wildman–Crippen LogP) is 3.43. The second-order valence-electron chi connectivity index (χ2n) is 5.19. The van der Waals surface area contributed by atoms with Gasteiger partial charge in [-0.2, -0.15) is 0 Å². The molecule has 0 spiro atoms. The van der Waals surface area contributed by atoms with Crippen LogP contribution in [0.3, 0.4) is 0 Å². The van der Waals surface area contributed by atoms with Crippen LogP contribution in [0.25, 0.3) is 6.08 Å². The summed E-state index contributed by atoms with van der Waals surface area (Å²) < 4.78 is 5.12. The van der Waals surface area contributed by atoms with Crippen LogP contribution in [0.4, 0.5) is 4.79 Å². The summed E-state index contributed by atoms with van der Waals surface area (Å²) in [4.78, 5) is 11.6. The number of benzene rings is 2. The van der Waals surface area contributed by atoms with E-state index in [9.17, 15) is 4.79 Å². The first-order chi connectivity index (χ1) is 11.2. The number of carbonyl (C=O) groups is 1. The fourth-order valence-electron chi connectivity index (χ4n) is 2.13. The average Bonchev–Trinajstić information content (AvgIpc) is 2.58. The van der Waals surface area contributed by atoms with E-state index in [2.05, 4.69) is 5.32 Å². The fraction of sp³-hybridized carbons (Fsp3) is 0.211. The van der Waals surface area contributed by atoms with Crippen LogP contribution in [0.5, 0.6) is 0 Å². The smallest absolute Gasteiger partial charge is 0.407 e. The van der Waals surface area contributed by atoms with E-state index in [4.69, 9.17) is 9.84 Å². The number of rotatable bonds is 6. The standard InChI is InChI=1S/C19H21NO3/c1-15-12-17(13-21)9-10-18(15)8-5-11-20-19(22)23-14-16-6-3-2-4-7-16/h2-10,12,21H,11,13-14H2,1H3,(H,20,22). The first-order valence-electron chi connectivity index (χ1n) is 7.50. The number of nitrogens with one attached hydrogen (secondary N) is 1. The van der Waals surface area contributed by atoms with Gasteiger partial charge in [-0.1, -0.05) is 60.7 Å². The number of hydrogen-bond donors (Lipinski definition) is 2. The Hall–Kier alpha value is -2.59. The molecule has 0 heterocycles. The fourth-order valence-corrected chi connectivity index (χ4v) is 2.13. The van der Waals surface area contributed by atoms with Crippen LogP contribution in [-0.2, 0) is 18.0 Å². The van der Waals surface area contributed by atoms with Gasteiger partial charge in [0.05, 0.1) is 6.61 Å². The lowest BCUT2D eigenvalue weighted by molar-refractivity contribution is 0.141. The molecule has 4 nitrogen and oxygen atoms in total. The molecule has 1 amide bonds. The molecule has 0 atom stereocenters. The van der Waals surface area contributed by atoms with Crippen molar-refractivity contribution in [2.24, 2.45) is 0 Å². The highest BCUT2D eigenvalue weighted by Crippen LogP contribution is 2.12. The summed E-state index contributed by atoms with van der Waals surface area (Å²) in [6.45, 7) is 2.69. The molecule has 4 heteroatoms. The van der Waals surface area contributed by atoms with Crippen LogP contribution >= 0.6 is 0 Å². The quantitative estimate of drug-likeness (QED) is 0.859. The number of ether oxygens (including phenoxy) is 1. The van der Waals surface area contributed by atoms with Crippen molar-refractivity contribution in [3.05, 3.63) is 76.9 Å². The Morgan fingerprint density at radius 1 is 1.17 bits per heavy atom. The van der Waals surface area contributed by atoms with Gasteiger partial charge in [-0.3, -0.25) is 0 Å². The summed E-state index contributed by atoms with van der Waals surface area (Å²) in [6, 6.07) is 15.3. The number of alkyl carbamates (subject to hydrolysis) is 1. The summed E-state index contributed by atoms with van der Waals surface area (Å²) >= 11 is 0. The molecule has 0 aromatic heterocycles. The highest BCUT2D eigenvalue weighted by Gasteiger charge is 2.00. The maximum absolute atomic E-state index is 11.6. The lowest BCUT2D eigenvalue weighted by atomic mass is 10.1. The molecule has 0 saturated carbocycles. The van der Waals surface area contributed by atoms with Crippen molar-refractivity contribution < 1.29 is 14.6 Å². The van der Waals surface area contributed by atoms with Crippen molar-refractivity contribution in [3.8, 4) is 0 Å². The predicted molar refractivity (Wildman–Crippen MR) is 90.8 cm³/mol. The molecule has 2 rings (SSSR count). The summed E-state index contributed by atoms with van der Waals surface area (Å²) in [5.41, 5.74) is 3.99.